The van der Waals surface area contributed by atoms with Crippen LogP contribution in [0.4, 0.5) is 0 Å². The minimum Gasteiger partial charge on any atom is -0.438 e. The summed E-state index contributed by atoms with van der Waals surface area (Å²) in [5, 5.41) is 3.02. The molecular formula is C12H6ClIN2OS. The third-order valence-electron chi connectivity index (χ3n) is 2.27. The van der Waals surface area contributed by atoms with Crippen molar-refractivity contribution in [3.05, 3.63) is 44.6 Å². The number of fused-ring (bicyclic) bond motifs is 1. The van der Waals surface area contributed by atoms with Gasteiger partial charge in [-0.2, -0.15) is 4.98 Å². The van der Waals surface area contributed by atoms with Gasteiger partial charge in [0, 0.05) is 3.57 Å². The monoisotopic (exact) mass is 388 g/mol. The highest BCUT2D eigenvalue weighted by Crippen LogP contribution is 2.31. The van der Waals surface area contributed by atoms with E-state index in [2.05, 4.69) is 32.6 Å². The standard InChI is InChI=1S/C12H6ClIN2OS/c13-12-15-10(9-4-5-18-11(9)16-12)17-8-3-1-2-7(14)6-8/h1-6H. The van der Waals surface area contributed by atoms with E-state index in [1.807, 2.05) is 35.7 Å². The van der Waals surface area contributed by atoms with Gasteiger partial charge in [0.1, 0.15) is 10.6 Å². The summed E-state index contributed by atoms with van der Waals surface area (Å²) in [6.45, 7) is 0. The van der Waals surface area contributed by atoms with Gasteiger partial charge in [-0.1, -0.05) is 6.07 Å². The third kappa shape index (κ3) is 2.43. The lowest BCUT2D eigenvalue weighted by molar-refractivity contribution is 0.468. The van der Waals surface area contributed by atoms with Crippen molar-refractivity contribution in [2.24, 2.45) is 0 Å². The highest BCUT2D eigenvalue weighted by molar-refractivity contribution is 14.1. The van der Waals surface area contributed by atoms with Crippen LogP contribution in [-0.2, 0) is 0 Å². The first-order valence-corrected chi connectivity index (χ1v) is 7.40. The SMILES string of the molecule is Clc1nc(Oc2cccc(I)c2)c2ccsc2n1. The normalized spacial score (nSPS) is 10.8. The molecule has 0 aliphatic rings. The smallest absolute Gasteiger partial charge is 0.232 e. The first kappa shape index (κ1) is 12.1. The first-order chi connectivity index (χ1) is 8.72. The second kappa shape index (κ2) is 4.99. The van der Waals surface area contributed by atoms with Crippen LogP contribution in [0.3, 0.4) is 0 Å². The predicted octanol–water partition coefficient (Wildman–Crippen LogP) is 4.74. The molecule has 0 saturated heterocycles. The van der Waals surface area contributed by atoms with Crippen LogP contribution in [0, 0.1) is 3.57 Å². The van der Waals surface area contributed by atoms with E-state index in [1.165, 1.54) is 11.3 Å². The molecule has 0 unspecified atom stereocenters. The van der Waals surface area contributed by atoms with Crippen molar-refractivity contribution in [2.75, 3.05) is 0 Å². The van der Waals surface area contributed by atoms with Crippen molar-refractivity contribution in [3.63, 3.8) is 0 Å². The maximum absolute atomic E-state index is 5.88. The van der Waals surface area contributed by atoms with Gasteiger partial charge in [0.25, 0.3) is 0 Å². The van der Waals surface area contributed by atoms with E-state index >= 15 is 0 Å². The van der Waals surface area contributed by atoms with E-state index in [0.717, 1.165) is 19.5 Å². The average molecular weight is 389 g/mol. The van der Waals surface area contributed by atoms with Crippen molar-refractivity contribution >= 4 is 55.7 Å². The van der Waals surface area contributed by atoms with E-state index in [-0.39, 0.29) is 5.28 Å². The Kier molecular flexibility index (Phi) is 3.36. The van der Waals surface area contributed by atoms with Crippen LogP contribution in [0.25, 0.3) is 10.2 Å². The van der Waals surface area contributed by atoms with E-state index in [1.54, 1.807) is 0 Å². The fourth-order valence-electron chi connectivity index (χ4n) is 1.52. The molecule has 90 valence electrons. The fourth-order valence-corrected chi connectivity index (χ4v) is 3.00. The molecule has 0 aliphatic carbocycles. The summed E-state index contributed by atoms with van der Waals surface area (Å²) >= 11 is 9.63. The van der Waals surface area contributed by atoms with E-state index in [9.17, 15) is 0 Å². The van der Waals surface area contributed by atoms with Gasteiger partial charge >= 0.3 is 0 Å². The van der Waals surface area contributed by atoms with Crippen LogP contribution in [0.5, 0.6) is 11.6 Å². The topological polar surface area (TPSA) is 35.0 Å². The van der Waals surface area contributed by atoms with Crippen LogP contribution in [0.15, 0.2) is 35.7 Å². The second-order valence-electron chi connectivity index (χ2n) is 3.50. The maximum atomic E-state index is 5.88. The lowest BCUT2D eigenvalue weighted by Gasteiger charge is -2.06. The van der Waals surface area contributed by atoms with Crippen molar-refractivity contribution in [1.29, 1.82) is 0 Å². The number of benzene rings is 1. The fraction of sp³-hybridized carbons (Fsp3) is 0. The van der Waals surface area contributed by atoms with Gasteiger partial charge in [-0.15, -0.1) is 11.3 Å². The molecule has 0 amide bonds. The van der Waals surface area contributed by atoms with Gasteiger partial charge in [0.2, 0.25) is 11.2 Å². The summed E-state index contributed by atoms with van der Waals surface area (Å²) in [7, 11) is 0. The lowest BCUT2D eigenvalue weighted by atomic mass is 10.3. The summed E-state index contributed by atoms with van der Waals surface area (Å²) in [4.78, 5) is 9.11. The van der Waals surface area contributed by atoms with Gasteiger partial charge in [0.15, 0.2) is 0 Å². The van der Waals surface area contributed by atoms with Crippen molar-refractivity contribution in [3.8, 4) is 11.6 Å². The number of aromatic nitrogens is 2. The van der Waals surface area contributed by atoms with Crippen LogP contribution in [0.1, 0.15) is 0 Å². The average Bonchev–Trinajstić information content (AvgIpc) is 2.77. The van der Waals surface area contributed by atoms with Crippen molar-refractivity contribution in [2.45, 2.75) is 0 Å². The Morgan fingerprint density at radius 3 is 2.94 bits per heavy atom. The molecule has 1 aromatic carbocycles. The number of rotatable bonds is 2. The Balaban J connectivity index is 2.06. The Hall–Kier alpha value is -0.920. The molecule has 6 heteroatoms. The number of ether oxygens (including phenoxy) is 1. The summed E-state index contributed by atoms with van der Waals surface area (Å²) in [6.07, 6.45) is 0. The van der Waals surface area contributed by atoms with E-state index < -0.39 is 0 Å². The molecule has 3 rings (SSSR count). The van der Waals surface area contributed by atoms with Crippen molar-refractivity contribution < 1.29 is 4.74 Å². The molecule has 18 heavy (non-hydrogen) atoms. The molecule has 0 fully saturated rings. The highest BCUT2D eigenvalue weighted by atomic mass is 127. The minimum absolute atomic E-state index is 0.200. The van der Waals surface area contributed by atoms with Gasteiger partial charge in [0.05, 0.1) is 5.39 Å². The van der Waals surface area contributed by atoms with E-state index in [0.29, 0.717) is 5.88 Å². The molecule has 0 aliphatic heterocycles. The Morgan fingerprint density at radius 2 is 2.11 bits per heavy atom. The molecular weight excluding hydrogens is 383 g/mol. The number of nitrogens with zero attached hydrogens (tertiary/aromatic N) is 2. The molecule has 0 spiro atoms. The third-order valence-corrected chi connectivity index (χ3v) is 3.92. The molecule has 3 nitrogen and oxygen atoms in total. The first-order valence-electron chi connectivity index (χ1n) is 5.06. The van der Waals surface area contributed by atoms with Crippen LogP contribution in [0.2, 0.25) is 5.28 Å². The summed E-state index contributed by atoms with van der Waals surface area (Å²) in [6, 6.07) is 9.69. The van der Waals surface area contributed by atoms with Gasteiger partial charge < -0.3 is 4.74 Å². The summed E-state index contributed by atoms with van der Waals surface area (Å²) < 4.78 is 6.88. The molecule has 3 aromatic rings. The second-order valence-corrected chi connectivity index (χ2v) is 5.97. The summed E-state index contributed by atoms with van der Waals surface area (Å²) in [5.74, 6) is 1.23. The predicted molar refractivity (Wildman–Crippen MR) is 81.7 cm³/mol. The quantitative estimate of drug-likeness (QED) is 0.470. The number of hydrogen-bond donors (Lipinski definition) is 0. The largest absolute Gasteiger partial charge is 0.438 e. The van der Waals surface area contributed by atoms with Crippen LogP contribution >= 0.6 is 45.5 Å². The highest BCUT2D eigenvalue weighted by Gasteiger charge is 2.10. The van der Waals surface area contributed by atoms with Gasteiger partial charge in [-0.3, -0.25) is 0 Å². The van der Waals surface area contributed by atoms with E-state index in [4.69, 9.17) is 16.3 Å². The van der Waals surface area contributed by atoms with Gasteiger partial charge in [-0.05, 0) is 63.8 Å². The Bertz CT molecular complexity index is 716. The Labute approximate surface area is 126 Å². The molecule has 2 aromatic heterocycles. The Morgan fingerprint density at radius 1 is 1.22 bits per heavy atom. The number of hydrogen-bond acceptors (Lipinski definition) is 4. The van der Waals surface area contributed by atoms with Crippen molar-refractivity contribution in [1.82, 2.24) is 9.97 Å². The molecule has 0 atom stereocenters. The molecule has 0 bridgehead atoms. The zero-order valence-electron chi connectivity index (χ0n) is 8.93. The number of thiophene rings is 1. The van der Waals surface area contributed by atoms with Gasteiger partial charge in [-0.25, -0.2) is 4.98 Å². The van der Waals surface area contributed by atoms with Crippen LogP contribution < -0.4 is 4.74 Å². The molecule has 0 N–H and O–H groups in total. The zero-order chi connectivity index (χ0) is 12.5. The maximum Gasteiger partial charge on any atom is 0.232 e. The molecule has 0 radical (unpaired) electrons. The lowest BCUT2D eigenvalue weighted by Crippen LogP contribution is -1.91. The number of halogens is 2. The van der Waals surface area contributed by atoms with Crippen LogP contribution in [-0.4, -0.2) is 9.97 Å². The summed E-state index contributed by atoms with van der Waals surface area (Å²) in [5.41, 5.74) is 0. The molecule has 2 heterocycles. The zero-order valence-corrected chi connectivity index (χ0v) is 12.7. The molecule has 0 saturated carbocycles. The minimum atomic E-state index is 0.200.